The smallest absolute Gasteiger partial charge is 0.244 e. The molecule has 0 atom stereocenters. The van der Waals surface area contributed by atoms with Crippen LogP contribution >= 0.6 is 23.5 Å². The van der Waals surface area contributed by atoms with Crippen molar-refractivity contribution in [3.05, 3.63) is 35.5 Å². The zero-order valence-corrected chi connectivity index (χ0v) is 16.4. The first-order valence-electron chi connectivity index (χ1n) is 8.59. The van der Waals surface area contributed by atoms with E-state index < -0.39 is 0 Å². The van der Waals surface area contributed by atoms with Crippen molar-refractivity contribution in [1.29, 1.82) is 0 Å². The van der Waals surface area contributed by atoms with Gasteiger partial charge < -0.3 is 4.90 Å². The highest BCUT2D eigenvalue weighted by Gasteiger charge is 2.21. The van der Waals surface area contributed by atoms with E-state index in [1.165, 1.54) is 54.9 Å². The summed E-state index contributed by atoms with van der Waals surface area (Å²) >= 11 is 2.73. The predicted octanol–water partition coefficient (Wildman–Crippen LogP) is 5.43. The van der Waals surface area contributed by atoms with Gasteiger partial charge in [-0.05, 0) is 54.6 Å². The lowest BCUT2D eigenvalue weighted by molar-refractivity contribution is -0.107. The number of anilines is 1. The van der Waals surface area contributed by atoms with Crippen molar-refractivity contribution in [1.82, 2.24) is 0 Å². The molecule has 0 unspecified atom stereocenters. The molecule has 1 aliphatic heterocycles. The van der Waals surface area contributed by atoms with Crippen LogP contribution in [0.5, 0.6) is 0 Å². The molecule has 0 aromatic heterocycles. The Labute approximate surface area is 154 Å². The molecule has 0 N–H and O–H groups in total. The molecule has 0 radical (unpaired) electrons. The fraction of sp³-hybridized carbons (Fsp3) is 0.474. The van der Waals surface area contributed by atoms with Gasteiger partial charge in [-0.3, -0.25) is 4.79 Å². The van der Waals surface area contributed by atoms with Gasteiger partial charge >= 0.3 is 0 Å². The SMILES string of the molecule is CCCCN(CCCC)c1ccc(/C=C2\N=C(SC)SC2=O)cc1. The molecule has 0 spiro atoms. The number of carbonyl (C=O) groups excluding carboxylic acids is 1. The number of carbonyl (C=O) groups is 1. The Kier molecular flexibility index (Phi) is 7.92. The lowest BCUT2D eigenvalue weighted by atomic mass is 10.1. The monoisotopic (exact) mass is 362 g/mol. The Morgan fingerprint density at radius 3 is 2.25 bits per heavy atom. The molecule has 0 amide bonds. The highest BCUT2D eigenvalue weighted by Crippen LogP contribution is 2.30. The molecule has 2 rings (SSSR count). The molecule has 0 saturated carbocycles. The van der Waals surface area contributed by atoms with Gasteiger partial charge in [-0.1, -0.05) is 38.8 Å². The molecule has 1 aliphatic rings. The van der Waals surface area contributed by atoms with Crippen LogP contribution in [-0.4, -0.2) is 28.8 Å². The first-order chi connectivity index (χ1) is 11.7. The normalized spacial score (nSPS) is 15.9. The van der Waals surface area contributed by atoms with Crippen molar-refractivity contribution in [3.63, 3.8) is 0 Å². The zero-order chi connectivity index (χ0) is 17.4. The molecular weight excluding hydrogens is 336 g/mol. The molecule has 0 aliphatic carbocycles. The van der Waals surface area contributed by atoms with E-state index in [-0.39, 0.29) is 5.12 Å². The zero-order valence-electron chi connectivity index (χ0n) is 14.7. The fourth-order valence-electron chi connectivity index (χ4n) is 2.48. The number of rotatable bonds is 8. The maximum absolute atomic E-state index is 11.9. The number of hydrogen-bond donors (Lipinski definition) is 0. The van der Waals surface area contributed by atoms with Crippen LogP contribution in [0.15, 0.2) is 35.0 Å². The highest BCUT2D eigenvalue weighted by atomic mass is 32.2. The third-order valence-corrected chi connectivity index (χ3v) is 5.75. The summed E-state index contributed by atoms with van der Waals surface area (Å²) in [4.78, 5) is 18.7. The molecule has 0 bridgehead atoms. The minimum Gasteiger partial charge on any atom is -0.372 e. The van der Waals surface area contributed by atoms with Gasteiger partial charge in [-0.25, -0.2) is 4.99 Å². The number of thioether (sulfide) groups is 2. The summed E-state index contributed by atoms with van der Waals surface area (Å²) in [6, 6.07) is 8.47. The van der Waals surface area contributed by atoms with Crippen LogP contribution in [0, 0.1) is 0 Å². The third-order valence-electron chi connectivity index (χ3n) is 3.90. The Morgan fingerprint density at radius 1 is 1.12 bits per heavy atom. The summed E-state index contributed by atoms with van der Waals surface area (Å²) in [6.45, 7) is 6.67. The van der Waals surface area contributed by atoms with Gasteiger partial charge in [-0.15, -0.1) is 11.8 Å². The van der Waals surface area contributed by atoms with E-state index in [0.717, 1.165) is 23.0 Å². The third kappa shape index (κ3) is 5.42. The number of hydrogen-bond acceptors (Lipinski definition) is 5. The molecule has 3 nitrogen and oxygen atoms in total. The maximum Gasteiger partial charge on any atom is 0.244 e. The van der Waals surface area contributed by atoms with Crippen LogP contribution in [0.3, 0.4) is 0 Å². The van der Waals surface area contributed by atoms with Gasteiger partial charge in [0.15, 0.2) is 0 Å². The fourth-order valence-corrected chi connectivity index (χ4v) is 3.75. The number of nitrogens with zero attached hydrogens (tertiary/aromatic N) is 2. The molecular formula is C19H26N2OS2. The van der Waals surface area contributed by atoms with Crippen molar-refractivity contribution in [3.8, 4) is 0 Å². The summed E-state index contributed by atoms with van der Waals surface area (Å²) in [7, 11) is 0. The Hall–Kier alpha value is -1.20. The lowest BCUT2D eigenvalue weighted by Crippen LogP contribution is -2.25. The molecule has 1 heterocycles. The second-order valence-electron chi connectivity index (χ2n) is 5.79. The van der Waals surface area contributed by atoms with Crippen molar-refractivity contribution >= 4 is 44.8 Å². The van der Waals surface area contributed by atoms with Gasteiger partial charge in [-0.2, -0.15) is 0 Å². The quantitative estimate of drug-likeness (QED) is 0.578. The maximum atomic E-state index is 11.9. The molecule has 1 aromatic rings. The summed E-state index contributed by atoms with van der Waals surface area (Å²) in [5.74, 6) is 0. The van der Waals surface area contributed by atoms with Crippen molar-refractivity contribution in [2.45, 2.75) is 39.5 Å². The second kappa shape index (κ2) is 9.94. The highest BCUT2D eigenvalue weighted by molar-refractivity contribution is 8.45. The topological polar surface area (TPSA) is 32.7 Å². The second-order valence-corrected chi connectivity index (χ2v) is 7.80. The molecule has 5 heteroatoms. The summed E-state index contributed by atoms with van der Waals surface area (Å²) in [6.07, 6.45) is 8.67. The van der Waals surface area contributed by atoms with Gasteiger partial charge in [0.05, 0.1) is 0 Å². The van der Waals surface area contributed by atoms with Gasteiger partial charge in [0.25, 0.3) is 0 Å². The minimum absolute atomic E-state index is 0.0379. The average molecular weight is 363 g/mol. The van der Waals surface area contributed by atoms with E-state index in [9.17, 15) is 4.79 Å². The number of unbranched alkanes of at least 4 members (excludes halogenated alkanes) is 2. The first-order valence-corrected chi connectivity index (χ1v) is 10.6. The van der Waals surface area contributed by atoms with Crippen LogP contribution in [0.25, 0.3) is 6.08 Å². The van der Waals surface area contributed by atoms with E-state index in [1.807, 2.05) is 12.3 Å². The van der Waals surface area contributed by atoms with E-state index in [4.69, 9.17) is 0 Å². The van der Waals surface area contributed by atoms with Crippen molar-refractivity contribution in [2.75, 3.05) is 24.2 Å². The van der Waals surface area contributed by atoms with E-state index in [1.54, 1.807) is 0 Å². The number of aliphatic imine (C=N–C) groups is 1. The molecule has 130 valence electrons. The van der Waals surface area contributed by atoms with Crippen LogP contribution in [0.1, 0.15) is 45.1 Å². The van der Waals surface area contributed by atoms with Crippen LogP contribution < -0.4 is 4.90 Å². The standard InChI is InChI=1S/C19H26N2OS2/c1-4-6-12-21(13-7-5-2)16-10-8-15(9-11-16)14-17-18(22)24-19(20-17)23-3/h8-11,14H,4-7,12-13H2,1-3H3/b17-14-. The van der Waals surface area contributed by atoms with E-state index in [0.29, 0.717) is 5.70 Å². The predicted molar refractivity (Wildman–Crippen MR) is 110 cm³/mol. The average Bonchev–Trinajstić information content (AvgIpc) is 2.96. The van der Waals surface area contributed by atoms with Gasteiger partial charge in [0, 0.05) is 18.8 Å². The first kappa shape index (κ1) is 19.1. The Balaban J connectivity index is 2.11. The summed E-state index contributed by atoms with van der Waals surface area (Å²) in [5, 5.41) is 0.0379. The summed E-state index contributed by atoms with van der Waals surface area (Å²) in [5.41, 5.74) is 2.84. The Morgan fingerprint density at radius 2 is 1.75 bits per heavy atom. The van der Waals surface area contributed by atoms with Crippen LogP contribution in [-0.2, 0) is 4.79 Å². The molecule has 1 aromatic carbocycles. The van der Waals surface area contributed by atoms with Crippen LogP contribution in [0.2, 0.25) is 0 Å². The summed E-state index contributed by atoms with van der Waals surface area (Å²) < 4.78 is 0.827. The molecule has 0 fully saturated rings. The number of benzene rings is 1. The van der Waals surface area contributed by atoms with E-state index in [2.05, 4.69) is 48.0 Å². The lowest BCUT2D eigenvalue weighted by Gasteiger charge is -2.24. The largest absolute Gasteiger partial charge is 0.372 e. The van der Waals surface area contributed by atoms with Gasteiger partial charge in [0.2, 0.25) is 5.12 Å². The molecule has 0 saturated heterocycles. The minimum atomic E-state index is 0.0379. The van der Waals surface area contributed by atoms with E-state index >= 15 is 0 Å². The van der Waals surface area contributed by atoms with Crippen molar-refractivity contribution in [2.24, 2.45) is 4.99 Å². The van der Waals surface area contributed by atoms with Crippen LogP contribution in [0.4, 0.5) is 5.69 Å². The molecule has 24 heavy (non-hydrogen) atoms. The van der Waals surface area contributed by atoms with Gasteiger partial charge in [0.1, 0.15) is 10.1 Å². The Bertz CT molecular complexity index is 600. The van der Waals surface area contributed by atoms with Crippen molar-refractivity contribution < 1.29 is 4.79 Å².